The number of urea groups is 1. The van der Waals surface area contributed by atoms with Crippen LogP contribution >= 0.6 is 11.6 Å². The molecular weight excluding hydrogens is 414 g/mol. The van der Waals surface area contributed by atoms with Crippen LogP contribution in [0, 0.1) is 0 Å². The van der Waals surface area contributed by atoms with E-state index in [1.165, 1.54) is 0 Å². The Morgan fingerprint density at radius 3 is 2.58 bits per heavy atom. The largest absolute Gasteiger partial charge is 0.352 e. The number of benzene rings is 1. The lowest BCUT2D eigenvalue weighted by Crippen LogP contribution is -2.52. The number of halogens is 1. The molecule has 1 N–H and O–H groups in total. The van der Waals surface area contributed by atoms with Gasteiger partial charge in [-0.2, -0.15) is 5.10 Å². The second kappa shape index (κ2) is 9.09. The van der Waals surface area contributed by atoms with E-state index in [1.54, 1.807) is 10.9 Å². The van der Waals surface area contributed by atoms with Crippen molar-refractivity contribution in [2.75, 3.05) is 37.6 Å². The van der Waals surface area contributed by atoms with Crippen LogP contribution in [0.15, 0.2) is 30.5 Å². The van der Waals surface area contributed by atoms with E-state index >= 15 is 0 Å². The molecule has 3 aromatic rings. The van der Waals surface area contributed by atoms with Crippen LogP contribution in [0.4, 0.5) is 10.6 Å². The molecule has 1 aliphatic rings. The van der Waals surface area contributed by atoms with Gasteiger partial charge >= 0.3 is 6.03 Å². The Morgan fingerprint density at radius 2 is 1.90 bits per heavy atom. The van der Waals surface area contributed by atoms with E-state index in [9.17, 15) is 4.79 Å². The lowest BCUT2D eigenvalue weighted by atomic mass is 10.2. The van der Waals surface area contributed by atoms with E-state index in [4.69, 9.17) is 21.6 Å². The van der Waals surface area contributed by atoms with Gasteiger partial charge in [-0.1, -0.05) is 44.5 Å². The number of nitrogens with one attached hydrogen (secondary N) is 1. The molecule has 1 fully saturated rings. The summed E-state index contributed by atoms with van der Waals surface area (Å²) in [6, 6.07) is 7.61. The van der Waals surface area contributed by atoms with Gasteiger partial charge in [-0.3, -0.25) is 0 Å². The fourth-order valence-electron chi connectivity index (χ4n) is 3.67. The first-order chi connectivity index (χ1) is 15.0. The molecule has 0 aliphatic carbocycles. The van der Waals surface area contributed by atoms with E-state index in [-0.39, 0.29) is 11.9 Å². The highest BCUT2D eigenvalue weighted by Gasteiger charge is 2.25. The average molecular weight is 442 g/mol. The fraction of sp³-hybridized carbons (Fsp3) is 0.455. The Morgan fingerprint density at radius 1 is 1.16 bits per heavy atom. The predicted molar refractivity (Wildman–Crippen MR) is 123 cm³/mol. The molecule has 1 aliphatic heterocycles. The smallest absolute Gasteiger partial charge is 0.317 e. The highest BCUT2D eigenvalue weighted by Crippen LogP contribution is 2.30. The maximum absolute atomic E-state index is 12.3. The number of hydrogen-bond acceptors (Lipinski definition) is 5. The number of fused-ring (bicyclic) bond motifs is 1. The summed E-state index contributed by atoms with van der Waals surface area (Å²) in [5.41, 5.74) is 1.53. The van der Waals surface area contributed by atoms with Crippen molar-refractivity contribution < 1.29 is 4.79 Å². The second-order valence-electron chi connectivity index (χ2n) is 8.01. The molecule has 1 saturated heterocycles. The number of anilines is 1. The molecule has 0 unspecified atom stereocenters. The zero-order valence-corrected chi connectivity index (χ0v) is 18.9. The van der Waals surface area contributed by atoms with Crippen molar-refractivity contribution in [2.45, 2.75) is 33.1 Å². The van der Waals surface area contributed by atoms with Crippen LogP contribution in [0.25, 0.3) is 16.7 Å². The van der Waals surface area contributed by atoms with E-state index < -0.39 is 0 Å². The minimum absolute atomic E-state index is 0.00347. The molecule has 0 saturated carbocycles. The van der Waals surface area contributed by atoms with Crippen molar-refractivity contribution in [1.82, 2.24) is 30.0 Å². The molecule has 0 bridgehead atoms. The van der Waals surface area contributed by atoms with Crippen LogP contribution in [0.1, 0.15) is 38.9 Å². The highest BCUT2D eigenvalue weighted by molar-refractivity contribution is 6.32. The number of rotatable bonds is 5. The van der Waals surface area contributed by atoms with E-state index in [0.717, 1.165) is 34.8 Å². The number of piperazine rings is 1. The summed E-state index contributed by atoms with van der Waals surface area (Å²) < 4.78 is 1.78. The summed E-state index contributed by atoms with van der Waals surface area (Å²) >= 11 is 6.43. The number of carbonyl (C=O) groups excluding carboxylic acids is 1. The number of amides is 2. The Bertz CT molecular complexity index is 1070. The highest BCUT2D eigenvalue weighted by atomic mass is 35.5. The molecule has 0 spiro atoms. The third-order valence-electron chi connectivity index (χ3n) is 5.42. The second-order valence-corrected chi connectivity index (χ2v) is 8.42. The first-order valence-corrected chi connectivity index (χ1v) is 11.2. The number of para-hydroxylation sites is 1. The molecule has 3 heterocycles. The molecule has 4 rings (SSSR count). The molecular formula is C22H28ClN7O. The summed E-state index contributed by atoms with van der Waals surface area (Å²) in [5, 5.41) is 9.04. The molecule has 0 atom stereocenters. The van der Waals surface area contributed by atoms with Gasteiger partial charge in [-0.05, 0) is 18.6 Å². The van der Waals surface area contributed by atoms with Gasteiger partial charge < -0.3 is 15.1 Å². The van der Waals surface area contributed by atoms with Crippen LogP contribution < -0.4 is 10.2 Å². The summed E-state index contributed by atoms with van der Waals surface area (Å²) in [6.45, 7) is 9.63. The first-order valence-electron chi connectivity index (χ1n) is 10.8. The first kappa shape index (κ1) is 21.4. The van der Waals surface area contributed by atoms with Gasteiger partial charge in [0.1, 0.15) is 11.6 Å². The van der Waals surface area contributed by atoms with Crippen molar-refractivity contribution in [3.8, 4) is 5.69 Å². The standard InChI is InChI=1S/C22H28ClN7O/c1-4-9-24-22(31)29-12-10-28(11-13-29)20-16-14-25-30(18-8-6-5-7-17(18)23)21(16)27-19(26-20)15(2)3/h5-8,14-15H,4,9-13H2,1-3H3,(H,24,31). The monoisotopic (exact) mass is 441 g/mol. The lowest BCUT2D eigenvalue weighted by molar-refractivity contribution is 0.194. The van der Waals surface area contributed by atoms with Gasteiger partial charge in [-0.15, -0.1) is 0 Å². The van der Waals surface area contributed by atoms with Crippen LogP contribution in [0.5, 0.6) is 0 Å². The summed E-state index contributed by atoms with van der Waals surface area (Å²) in [5.74, 6) is 1.79. The van der Waals surface area contributed by atoms with Crippen molar-refractivity contribution >= 4 is 34.5 Å². The number of nitrogens with zero attached hydrogens (tertiary/aromatic N) is 6. The molecule has 0 radical (unpaired) electrons. The topological polar surface area (TPSA) is 79.2 Å². The Kier molecular flexibility index (Phi) is 6.27. The Hall–Kier alpha value is -2.87. The lowest BCUT2D eigenvalue weighted by Gasteiger charge is -2.35. The van der Waals surface area contributed by atoms with Gasteiger partial charge in [-0.25, -0.2) is 19.4 Å². The van der Waals surface area contributed by atoms with E-state index in [0.29, 0.717) is 37.7 Å². The predicted octanol–water partition coefficient (Wildman–Crippen LogP) is 3.83. The number of hydrogen-bond donors (Lipinski definition) is 1. The van der Waals surface area contributed by atoms with Gasteiger partial charge in [0.2, 0.25) is 0 Å². The van der Waals surface area contributed by atoms with Crippen LogP contribution in [-0.2, 0) is 0 Å². The van der Waals surface area contributed by atoms with Crippen molar-refractivity contribution in [3.63, 3.8) is 0 Å². The molecule has 1 aromatic carbocycles. The quantitative estimate of drug-likeness (QED) is 0.650. The third-order valence-corrected chi connectivity index (χ3v) is 5.73. The van der Waals surface area contributed by atoms with Gasteiger partial charge in [0.15, 0.2) is 5.65 Å². The van der Waals surface area contributed by atoms with E-state index in [1.807, 2.05) is 36.1 Å². The Balaban J connectivity index is 1.67. The maximum atomic E-state index is 12.3. The molecule has 164 valence electrons. The summed E-state index contributed by atoms with van der Waals surface area (Å²) in [7, 11) is 0. The Labute approximate surface area is 187 Å². The van der Waals surface area contributed by atoms with E-state index in [2.05, 4.69) is 29.2 Å². The zero-order chi connectivity index (χ0) is 22.0. The number of carbonyl (C=O) groups is 1. The van der Waals surface area contributed by atoms with Crippen molar-refractivity contribution in [1.29, 1.82) is 0 Å². The molecule has 8 nitrogen and oxygen atoms in total. The molecule has 9 heteroatoms. The van der Waals surface area contributed by atoms with Crippen molar-refractivity contribution in [3.05, 3.63) is 41.3 Å². The SMILES string of the molecule is CCCNC(=O)N1CCN(c2nc(C(C)C)nc3c2cnn3-c2ccccc2Cl)CC1. The molecule has 31 heavy (non-hydrogen) atoms. The maximum Gasteiger partial charge on any atom is 0.317 e. The molecule has 2 amide bonds. The van der Waals surface area contributed by atoms with Crippen molar-refractivity contribution in [2.24, 2.45) is 0 Å². The number of aromatic nitrogens is 4. The normalized spacial score (nSPS) is 14.5. The van der Waals surface area contributed by atoms with Gasteiger partial charge in [0.05, 0.1) is 22.3 Å². The minimum atomic E-state index is 0.00347. The molecule has 2 aromatic heterocycles. The zero-order valence-electron chi connectivity index (χ0n) is 18.2. The third kappa shape index (κ3) is 4.30. The minimum Gasteiger partial charge on any atom is -0.352 e. The fourth-order valence-corrected chi connectivity index (χ4v) is 3.89. The summed E-state index contributed by atoms with van der Waals surface area (Å²) in [4.78, 5) is 26.1. The summed E-state index contributed by atoms with van der Waals surface area (Å²) in [6.07, 6.45) is 2.73. The van der Waals surface area contributed by atoms with Crippen LogP contribution in [0.2, 0.25) is 5.02 Å². The average Bonchev–Trinajstić information content (AvgIpc) is 3.21. The van der Waals surface area contributed by atoms with Crippen LogP contribution in [0.3, 0.4) is 0 Å². The van der Waals surface area contributed by atoms with Gasteiger partial charge in [0, 0.05) is 38.6 Å². The van der Waals surface area contributed by atoms with Gasteiger partial charge in [0.25, 0.3) is 0 Å². The van der Waals surface area contributed by atoms with Crippen LogP contribution in [-0.4, -0.2) is 63.4 Å².